The van der Waals surface area contributed by atoms with Crippen LogP contribution in [0.3, 0.4) is 0 Å². The Hall–Kier alpha value is -0.860. The number of hydrogen-bond donors (Lipinski definition) is 1. The molecule has 88 valence electrons. The Labute approximate surface area is 98.0 Å². The average Bonchev–Trinajstić information content (AvgIpc) is 2.29. The molecule has 0 spiro atoms. The summed E-state index contributed by atoms with van der Waals surface area (Å²) in [6.07, 6.45) is 2.48. The molecule has 0 radical (unpaired) electrons. The van der Waals surface area contributed by atoms with Crippen LogP contribution in [0.15, 0.2) is 18.2 Å². The van der Waals surface area contributed by atoms with E-state index in [4.69, 9.17) is 4.74 Å². The van der Waals surface area contributed by atoms with Crippen molar-refractivity contribution in [2.75, 3.05) is 13.7 Å². The fourth-order valence-corrected chi connectivity index (χ4v) is 2.60. The van der Waals surface area contributed by atoms with Crippen molar-refractivity contribution >= 4 is 0 Å². The number of aryl methyl sites for hydroxylation is 2. The van der Waals surface area contributed by atoms with Crippen LogP contribution in [0.2, 0.25) is 0 Å². The molecule has 2 nitrogen and oxygen atoms in total. The van der Waals surface area contributed by atoms with Gasteiger partial charge in [-0.3, -0.25) is 0 Å². The SMILES string of the molecule is CNC1CCOC(c2c(C)cccc2C)C1. The summed E-state index contributed by atoms with van der Waals surface area (Å²) in [6, 6.07) is 7.06. The molecule has 16 heavy (non-hydrogen) atoms. The van der Waals surface area contributed by atoms with Crippen molar-refractivity contribution in [3.05, 3.63) is 34.9 Å². The highest BCUT2D eigenvalue weighted by Crippen LogP contribution is 2.32. The third kappa shape index (κ3) is 2.28. The van der Waals surface area contributed by atoms with Crippen molar-refractivity contribution in [1.29, 1.82) is 0 Å². The zero-order chi connectivity index (χ0) is 11.5. The minimum absolute atomic E-state index is 0.271. The molecule has 1 saturated heterocycles. The van der Waals surface area contributed by atoms with Gasteiger partial charge in [-0.1, -0.05) is 18.2 Å². The molecule has 1 heterocycles. The van der Waals surface area contributed by atoms with Gasteiger partial charge in [-0.2, -0.15) is 0 Å². The standard InChI is InChI=1S/C14H21NO/c1-10-5-4-6-11(2)14(10)13-9-12(15-3)7-8-16-13/h4-6,12-13,15H,7-9H2,1-3H3. The molecular formula is C14H21NO. The molecule has 2 unspecified atom stereocenters. The Balaban J connectivity index is 2.23. The molecule has 1 fully saturated rings. The minimum Gasteiger partial charge on any atom is -0.373 e. The lowest BCUT2D eigenvalue weighted by Crippen LogP contribution is -2.34. The summed E-state index contributed by atoms with van der Waals surface area (Å²) in [6.45, 7) is 5.22. The van der Waals surface area contributed by atoms with Crippen LogP contribution in [0.4, 0.5) is 0 Å². The summed E-state index contributed by atoms with van der Waals surface area (Å²) in [4.78, 5) is 0. The lowest BCUT2D eigenvalue weighted by molar-refractivity contribution is 0.000860. The predicted molar refractivity (Wildman–Crippen MR) is 66.7 cm³/mol. The first-order chi connectivity index (χ1) is 7.72. The molecule has 1 aromatic rings. The molecule has 0 saturated carbocycles. The first-order valence-electron chi connectivity index (χ1n) is 6.07. The van der Waals surface area contributed by atoms with Crippen molar-refractivity contribution in [3.63, 3.8) is 0 Å². The maximum Gasteiger partial charge on any atom is 0.0844 e. The zero-order valence-electron chi connectivity index (χ0n) is 10.4. The van der Waals surface area contributed by atoms with Crippen LogP contribution in [0.25, 0.3) is 0 Å². The first-order valence-corrected chi connectivity index (χ1v) is 6.07. The van der Waals surface area contributed by atoms with Gasteiger partial charge in [0.15, 0.2) is 0 Å². The summed E-state index contributed by atoms with van der Waals surface area (Å²) < 4.78 is 5.92. The Morgan fingerprint density at radius 2 is 1.94 bits per heavy atom. The molecule has 1 aliphatic rings. The van der Waals surface area contributed by atoms with Crippen molar-refractivity contribution in [3.8, 4) is 0 Å². The maximum atomic E-state index is 5.92. The molecule has 0 aliphatic carbocycles. The van der Waals surface area contributed by atoms with Crippen LogP contribution in [0.1, 0.15) is 35.6 Å². The molecule has 2 atom stereocenters. The molecule has 0 bridgehead atoms. The second kappa shape index (κ2) is 4.98. The normalized spacial score (nSPS) is 25.7. The van der Waals surface area contributed by atoms with Gasteiger partial charge in [-0.15, -0.1) is 0 Å². The average molecular weight is 219 g/mol. The second-order valence-electron chi connectivity index (χ2n) is 4.67. The smallest absolute Gasteiger partial charge is 0.0844 e. The van der Waals surface area contributed by atoms with Crippen LogP contribution < -0.4 is 5.32 Å². The molecule has 2 heteroatoms. The highest BCUT2D eigenvalue weighted by molar-refractivity contribution is 5.35. The Morgan fingerprint density at radius 3 is 2.56 bits per heavy atom. The highest BCUT2D eigenvalue weighted by Gasteiger charge is 2.24. The lowest BCUT2D eigenvalue weighted by Gasteiger charge is -2.31. The molecule has 0 amide bonds. The maximum absolute atomic E-state index is 5.92. The number of ether oxygens (including phenoxy) is 1. The van der Waals surface area contributed by atoms with E-state index >= 15 is 0 Å². The number of nitrogens with one attached hydrogen (secondary N) is 1. The van der Waals surface area contributed by atoms with Gasteiger partial charge in [0.25, 0.3) is 0 Å². The fraction of sp³-hybridized carbons (Fsp3) is 0.571. The predicted octanol–water partition coefficient (Wildman–Crippen LogP) is 2.74. The van der Waals surface area contributed by atoms with E-state index < -0.39 is 0 Å². The van der Waals surface area contributed by atoms with Gasteiger partial charge in [-0.05, 0) is 50.4 Å². The third-order valence-corrected chi connectivity index (χ3v) is 3.56. The fourth-order valence-electron chi connectivity index (χ4n) is 2.60. The summed E-state index contributed by atoms with van der Waals surface area (Å²) >= 11 is 0. The molecule has 0 aromatic heterocycles. The largest absolute Gasteiger partial charge is 0.373 e. The summed E-state index contributed by atoms with van der Waals surface area (Å²) in [5, 5.41) is 3.36. The van der Waals surface area contributed by atoms with Gasteiger partial charge in [0.1, 0.15) is 0 Å². The van der Waals surface area contributed by atoms with E-state index in [-0.39, 0.29) is 6.10 Å². The third-order valence-electron chi connectivity index (χ3n) is 3.56. The Morgan fingerprint density at radius 1 is 1.25 bits per heavy atom. The van der Waals surface area contributed by atoms with Crippen molar-refractivity contribution < 1.29 is 4.74 Å². The molecule has 1 N–H and O–H groups in total. The van der Waals surface area contributed by atoms with Gasteiger partial charge in [0.2, 0.25) is 0 Å². The highest BCUT2D eigenvalue weighted by atomic mass is 16.5. The van der Waals surface area contributed by atoms with Gasteiger partial charge in [-0.25, -0.2) is 0 Å². The Bertz CT molecular complexity index is 342. The van der Waals surface area contributed by atoms with Gasteiger partial charge < -0.3 is 10.1 Å². The molecule has 2 rings (SSSR count). The van der Waals surface area contributed by atoms with E-state index in [2.05, 4.69) is 37.4 Å². The zero-order valence-corrected chi connectivity index (χ0v) is 10.4. The van der Waals surface area contributed by atoms with E-state index in [1.807, 2.05) is 7.05 Å². The Kier molecular flexibility index (Phi) is 3.62. The van der Waals surface area contributed by atoms with Gasteiger partial charge in [0, 0.05) is 12.6 Å². The van der Waals surface area contributed by atoms with Crippen molar-refractivity contribution in [1.82, 2.24) is 5.32 Å². The number of rotatable bonds is 2. The van der Waals surface area contributed by atoms with Crippen LogP contribution in [0.5, 0.6) is 0 Å². The van der Waals surface area contributed by atoms with E-state index in [1.165, 1.54) is 16.7 Å². The van der Waals surface area contributed by atoms with Gasteiger partial charge >= 0.3 is 0 Å². The summed E-state index contributed by atoms with van der Waals surface area (Å²) in [7, 11) is 2.04. The monoisotopic (exact) mass is 219 g/mol. The van der Waals surface area contributed by atoms with Crippen molar-refractivity contribution in [2.24, 2.45) is 0 Å². The minimum atomic E-state index is 0.271. The molecule has 1 aromatic carbocycles. The van der Waals surface area contributed by atoms with Crippen LogP contribution in [-0.4, -0.2) is 19.7 Å². The van der Waals surface area contributed by atoms with E-state index in [9.17, 15) is 0 Å². The van der Waals surface area contributed by atoms with E-state index in [1.54, 1.807) is 0 Å². The second-order valence-corrected chi connectivity index (χ2v) is 4.67. The van der Waals surface area contributed by atoms with Crippen LogP contribution >= 0.6 is 0 Å². The van der Waals surface area contributed by atoms with Crippen molar-refractivity contribution in [2.45, 2.75) is 38.8 Å². The van der Waals surface area contributed by atoms with E-state index in [0.717, 1.165) is 19.4 Å². The summed E-state index contributed by atoms with van der Waals surface area (Å²) in [5.74, 6) is 0. The quantitative estimate of drug-likeness (QED) is 0.826. The van der Waals surface area contributed by atoms with E-state index in [0.29, 0.717) is 6.04 Å². The topological polar surface area (TPSA) is 21.3 Å². The van der Waals surface area contributed by atoms with Gasteiger partial charge in [0.05, 0.1) is 6.10 Å². The van der Waals surface area contributed by atoms with Crippen LogP contribution in [0, 0.1) is 13.8 Å². The van der Waals surface area contributed by atoms with Crippen LogP contribution in [-0.2, 0) is 4.74 Å². The lowest BCUT2D eigenvalue weighted by atomic mass is 9.91. The number of hydrogen-bond acceptors (Lipinski definition) is 2. The first kappa shape index (κ1) is 11.6. The molecular weight excluding hydrogens is 198 g/mol. The number of benzene rings is 1. The summed E-state index contributed by atoms with van der Waals surface area (Å²) in [5.41, 5.74) is 4.09. The molecule has 1 aliphatic heterocycles.